The second-order valence-electron chi connectivity index (χ2n) is 11.5. The van der Waals surface area contributed by atoms with Gasteiger partial charge in [-0.05, 0) is 49.9 Å². The molecule has 6 rings (SSSR count). The van der Waals surface area contributed by atoms with Gasteiger partial charge in [0.05, 0.1) is 12.2 Å². The number of nitrogens with zero attached hydrogens (tertiary/aromatic N) is 6. The van der Waals surface area contributed by atoms with Gasteiger partial charge in [-0.3, -0.25) is 4.79 Å². The fourth-order valence-corrected chi connectivity index (χ4v) is 6.39. The van der Waals surface area contributed by atoms with Gasteiger partial charge in [0.25, 0.3) is 0 Å². The van der Waals surface area contributed by atoms with Gasteiger partial charge in [-0.2, -0.15) is 9.97 Å². The zero-order valence-electron chi connectivity index (χ0n) is 24.1. The van der Waals surface area contributed by atoms with E-state index in [0.717, 1.165) is 59.6 Å². The number of benzene rings is 2. The molecule has 2 N–H and O–H groups in total. The molecule has 3 aromatic rings. The van der Waals surface area contributed by atoms with Crippen LogP contribution in [0.2, 0.25) is 0 Å². The van der Waals surface area contributed by atoms with Crippen molar-refractivity contribution in [3.63, 3.8) is 0 Å². The highest BCUT2D eigenvalue weighted by atomic mass is 16.5. The Morgan fingerprint density at radius 3 is 2.57 bits per heavy atom. The first-order valence-corrected chi connectivity index (χ1v) is 15.0. The van der Waals surface area contributed by atoms with Gasteiger partial charge < -0.3 is 34.5 Å². The summed E-state index contributed by atoms with van der Waals surface area (Å²) >= 11 is 0. The van der Waals surface area contributed by atoms with Crippen LogP contribution in [-0.2, 0) is 17.8 Å². The lowest BCUT2D eigenvalue weighted by Gasteiger charge is -2.38. The molecule has 10 nitrogen and oxygen atoms in total. The van der Waals surface area contributed by atoms with Gasteiger partial charge in [0, 0.05) is 62.0 Å². The number of hydrogen-bond donors (Lipinski definition) is 2. The monoisotopic (exact) mass is 572 g/mol. The molecule has 3 aliphatic heterocycles. The van der Waals surface area contributed by atoms with Crippen molar-refractivity contribution in [1.29, 1.82) is 0 Å². The van der Waals surface area contributed by atoms with E-state index in [0.29, 0.717) is 39.3 Å². The summed E-state index contributed by atoms with van der Waals surface area (Å²) in [5.74, 6) is 1.02. The Morgan fingerprint density at radius 1 is 1.00 bits per heavy atom. The normalized spacial score (nSPS) is 18.5. The SMILES string of the molecule is C=CC(=O)N1CCN(c2nc(OCC(O)CN3CCCCC3)nc3c2CCN(c2cc(O)cc4ccccc24)C3)CC1. The fourth-order valence-electron chi connectivity index (χ4n) is 6.39. The van der Waals surface area contributed by atoms with Crippen LogP contribution in [0, 0.1) is 0 Å². The lowest BCUT2D eigenvalue weighted by atomic mass is 10.0. The van der Waals surface area contributed by atoms with E-state index < -0.39 is 6.10 Å². The maximum Gasteiger partial charge on any atom is 0.318 e. The number of aliphatic hydroxyl groups excluding tert-OH is 1. The number of fused-ring (bicyclic) bond motifs is 2. The molecule has 3 aliphatic rings. The number of aromatic nitrogens is 2. The molecule has 2 aromatic carbocycles. The van der Waals surface area contributed by atoms with E-state index in [4.69, 9.17) is 14.7 Å². The fraction of sp³-hybridized carbons (Fsp3) is 0.469. The number of anilines is 2. The Kier molecular flexibility index (Phi) is 8.43. The minimum atomic E-state index is -0.630. The summed E-state index contributed by atoms with van der Waals surface area (Å²) < 4.78 is 6.05. The van der Waals surface area contributed by atoms with E-state index in [9.17, 15) is 15.0 Å². The van der Waals surface area contributed by atoms with Gasteiger partial charge in [-0.25, -0.2) is 0 Å². The van der Waals surface area contributed by atoms with Crippen LogP contribution in [0.1, 0.15) is 30.5 Å². The molecular formula is C32H40N6O4. The average Bonchev–Trinajstić information content (AvgIpc) is 3.03. The molecule has 222 valence electrons. The maximum absolute atomic E-state index is 12.2. The van der Waals surface area contributed by atoms with E-state index in [1.165, 1.54) is 25.3 Å². The molecule has 0 saturated carbocycles. The number of amides is 1. The number of phenolic OH excluding ortho intramolecular Hbond substituents is 1. The number of piperazine rings is 1. The Labute approximate surface area is 246 Å². The number of ether oxygens (including phenoxy) is 1. The Morgan fingerprint density at radius 2 is 1.79 bits per heavy atom. The van der Waals surface area contributed by atoms with Gasteiger partial charge in [0.2, 0.25) is 5.91 Å². The largest absolute Gasteiger partial charge is 0.508 e. The van der Waals surface area contributed by atoms with Crippen molar-refractivity contribution in [2.24, 2.45) is 0 Å². The number of carbonyl (C=O) groups excluding carboxylic acids is 1. The molecule has 0 bridgehead atoms. The van der Waals surface area contributed by atoms with Crippen molar-refractivity contribution in [2.75, 3.05) is 68.8 Å². The second kappa shape index (κ2) is 12.5. The van der Waals surface area contributed by atoms with Crippen LogP contribution in [0.15, 0.2) is 49.1 Å². The van der Waals surface area contributed by atoms with Crippen molar-refractivity contribution >= 4 is 28.2 Å². The third-order valence-corrected chi connectivity index (χ3v) is 8.58. The first-order valence-electron chi connectivity index (χ1n) is 15.0. The zero-order chi connectivity index (χ0) is 29.1. The van der Waals surface area contributed by atoms with Crippen LogP contribution in [0.3, 0.4) is 0 Å². The van der Waals surface area contributed by atoms with Gasteiger partial charge in [0.1, 0.15) is 24.3 Å². The highest BCUT2D eigenvalue weighted by molar-refractivity contribution is 5.95. The molecule has 2 fully saturated rings. The molecule has 2 saturated heterocycles. The van der Waals surface area contributed by atoms with Crippen LogP contribution >= 0.6 is 0 Å². The Balaban J connectivity index is 1.26. The van der Waals surface area contributed by atoms with Crippen LogP contribution in [0.25, 0.3) is 10.8 Å². The first-order chi connectivity index (χ1) is 20.5. The Hall–Kier alpha value is -3.89. The summed E-state index contributed by atoms with van der Waals surface area (Å²) in [5.41, 5.74) is 2.93. The number of hydrogen-bond acceptors (Lipinski definition) is 9. The molecule has 1 aromatic heterocycles. The number of β-amino-alcohol motifs (C(OH)–C–C–N with tert-alkyl or cyclic N) is 1. The van der Waals surface area contributed by atoms with Crippen molar-refractivity contribution in [3.8, 4) is 11.8 Å². The lowest BCUT2D eigenvalue weighted by molar-refractivity contribution is -0.126. The molecule has 0 spiro atoms. The highest BCUT2D eigenvalue weighted by Crippen LogP contribution is 2.36. The summed E-state index contributed by atoms with van der Waals surface area (Å²) in [6.07, 6.45) is 5.06. The second-order valence-corrected chi connectivity index (χ2v) is 11.5. The smallest absolute Gasteiger partial charge is 0.318 e. The van der Waals surface area contributed by atoms with Crippen molar-refractivity contribution in [2.45, 2.75) is 38.3 Å². The molecule has 1 atom stereocenters. The standard InChI is InChI=1S/C32H40N6O4/c1-2-30(41)36-14-16-37(17-15-36)31-27-10-13-38(29-19-24(39)18-23-8-4-5-9-26(23)29)21-28(27)33-32(34-31)42-22-25(40)20-35-11-6-3-7-12-35/h2,4-5,8-9,18-19,25,39-40H,1,3,6-7,10-17,20-22H2. The van der Waals surface area contributed by atoms with E-state index in [2.05, 4.69) is 27.3 Å². The summed E-state index contributed by atoms with van der Waals surface area (Å²) in [7, 11) is 0. The average molecular weight is 573 g/mol. The Bertz CT molecular complexity index is 1430. The summed E-state index contributed by atoms with van der Waals surface area (Å²) in [5, 5.41) is 23.3. The third kappa shape index (κ3) is 6.15. The van der Waals surface area contributed by atoms with Crippen molar-refractivity contribution < 1.29 is 19.7 Å². The van der Waals surface area contributed by atoms with Gasteiger partial charge >= 0.3 is 6.01 Å². The maximum atomic E-state index is 12.2. The molecule has 4 heterocycles. The van der Waals surface area contributed by atoms with Crippen LogP contribution in [0.5, 0.6) is 11.8 Å². The quantitative estimate of drug-likeness (QED) is 0.394. The molecule has 1 unspecified atom stereocenters. The molecule has 42 heavy (non-hydrogen) atoms. The summed E-state index contributed by atoms with van der Waals surface area (Å²) in [6, 6.07) is 11.9. The zero-order valence-corrected chi connectivity index (χ0v) is 24.1. The predicted molar refractivity (Wildman–Crippen MR) is 163 cm³/mol. The molecular weight excluding hydrogens is 532 g/mol. The van der Waals surface area contributed by atoms with E-state index in [1.54, 1.807) is 11.0 Å². The number of piperidine rings is 1. The molecule has 10 heteroatoms. The minimum absolute atomic E-state index is 0.0555. The van der Waals surface area contributed by atoms with E-state index in [1.807, 2.05) is 24.3 Å². The molecule has 1 amide bonds. The van der Waals surface area contributed by atoms with Gasteiger partial charge in [-0.1, -0.05) is 37.3 Å². The predicted octanol–water partition coefficient (Wildman–Crippen LogP) is 2.96. The van der Waals surface area contributed by atoms with E-state index >= 15 is 0 Å². The molecule has 0 radical (unpaired) electrons. The first kappa shape index (κ1) is 28.2. The van der Waals surface area contributed by atoms with Crippen molar-refractivity contribution in [1.82, 2.24) is 19.8 Å². The van der Waals surface area contributed by atoms with Crippen molar-refractivity contribution in [3.05, 3.63) is 60.3 Å². The summed E-state index contributed by atoms with van der Waals surface area (Å²) in [4.78, 5) is 30.4. The summed E-state index contributed by atoms with van der Waals surface area (Å²) in [6.45, 7) is 10.1. The topological polar surface area (TPSA) is 106 Å². The number of phenols is 1. The number of aromatic hydroxyl groups is 1. The van der Waals surface area contributed by atoms with Gasteiger partial charge in [0.15, 0.2) is 0 Å². The van der Waals surface area contributed by atoms with Crippen LogP contribution < -0.4 is 14.5 Å². The number of rotatable bonds is 8. The van der Waals surface area contributed by atoms with Crippen LogP contribution in [0.4, 0.5) is 11.5 Å². The highest BCUT2D eigenvalue weighted by Gasteiger charge is 2.29. The third-order valence-electron chi connectivity index (χ3n) is 8.58. The van der Waals surface area contributed by atoms with Gasteiger partial charge in [-0.15, -0.1) is 0 Å². The van der Waals surface area contributed by atoms with E-state index in [-0.39, 0.29) is 24.3 Å². The minimum Gasteiger partial charge on any atom is -0.508 e. The molecule has 0 aliphatic carbocycles. The number of likely N-dealkylation sites (tertiary alicyclic amines) is 1. The lowest BCUT2D eigenvalue weighted by Crippen LogP contribution is -2.49. The number of aliphatic hydroxyl groups is 1. The number of carbonyl (C=O) groups is 1. The van der Waals surface area contributed by atoms with Crippen LogP contribution in [-0.4, -0.2) is 101 Å².